The van der Waals surface area contributed by atoms with Crippen LogP contribution in [0.2, 0.25) is 0 Å². The molecule has 0 radical (unpaired) electrons. The SMILES string of the molecule is CC1=NCc2sccc21. The van der Waals surface area contributed by atoms with Gasteiger partial charge in [0.1, 0.15) is 0 Å². The minimum Gasteiger partial charge on any atom is -0.284 e. The van der Waals surface area contributed by atoms with E-state index in [9.17, 15) is 0 Å². The van der Waals surface area contributed by atoms with Crippen LogP contribution in [0, 0.1) is 0 Å². The Hall–Kier alpha value is -0.630. The third-order valence-corrected chi connectivity index (χ3v) is 2.50. The molecule has 0 unspecified atom stereocenters. The van der Waals surface area contributed by atoms with Gasteiger partial charge in [-0.25, -0.2) is 0 Å². The summed E-state index contributed by atoms with van der Waals surface area (Å²) in [5.41, 5.74) is 2.56. The third-order valence-electron chi connectivity index (χ3n) is 1.60. The van der Waals surface area contributed by atoms with E-state index in [0.717, 1.165) is 6.54 Å². The molecule has 0 N–H and O–H groups in total. The molecule has 0 spiro atoms. The van der Waals surface area contributed by atoms with E-state index in [-0.39, 0.29) is 0 Å². The van der Waals surface area contributed by atoms with Gasteiger partial charge in [-0.05, 0) is 18.4 Å². The highest BCUT2D eigenvalue weighted by molar-refractivity contribution is 7.10. The van der Waals surface area contributed by atoms with Crippen LogP contribution in [-0.4, -0.2) is 5.71 Å². The fraction of sp³-hybridized carbons (Fsp3) is 0.286. The summed E-state index contributed by atoms with van der Waals surface area (Å²) in [6.07, 6.45) is 0. The minimum atomic E-state index is 0.916. The summed E-state index contributed by atoms with van der Waals surface area (Å²) in [4.78, 5) is 5.71. The molecular weight excluding hydrogens is 130 g/mol. The molecule has 2 rings (SSSR count). The number of nitrogens with zero attached hydrogens (tertiary/aromatic N) is 1. The molecule has 0 atom stereocenters. The molecule has 9 heavy (non-hydrogen) atoms. The van der Waals surface area contributed by atoms with E-state index in [2.05, 4.69) is 23.4 Å². The number of fused-ring (bicyclic) bond motifs is 1. The zero-order valence-electron chi connectivity index (χ0n) is 5.22. The first-order chi connectivity index (χ1) is 4.38. The van der Waals surface area contributed by atoms with E-state index in [1.807, 2.05) is 0 Å². The number of rotatable bonds is 0. The van der Waals surface area contributed by atoms with Crippen molar-refractivity contribution < 1.29 is 0 Å². The van der Waals surface area contributed by atoms with Gasteiger partial charge in [-0.2, -0.15) is 0 Å². The summed E-state index contributed by atoms with van der Waals surface area (Å²) < 4.78 is 0. The molecule has 0 aliphatic carbocycles. The summed E-state index contributed by atoms with van der Waals surface area (Å²) in [6, 6.07) is 2.14. The lowest BCUT2D eigenvalue weighted by molar-refractivity contribution is 1.14. The van der Waals surface area contributed by atoms with Gasteiger partial charge in [0.25, 0.3) is 0 Å². The van der Waals surface area contributed by atoms with Gasteiger partial charge in [0, 0.05) is 16.2 Å². The van der Waals surface area contributed by atoms with E-state index in [1.165, 1.54) is 16.2 Å². The van der Waals surface area contributed by atoms with Gasteiger partial charge in [-0.15, -0.1) is 11.3 Å². The van der Waals surface area contributed by atoms with Crippen molar-refractivity contribution in [1.29, 1.82) is 0 Å². The first kappa shape index (κ1) is 5.18. The molecule has 0 saturated carbocycles. The second-order valence-electron chi connectivity index (χ2n) is 2.16. The Labute approximate surface area is 58.1 Å². The Bertz CT molecular complexity index is 260. The van der Waals surface area contributed by atoms with Gasteiger partial charge in [-0.3, -0.25) is 4.99 Å². The summed E-state index contributed by atoms with van der Waals surface area (Å²) in [5, 5.41) is 2.13. The van der Waals surface area contributed by atoms with Crippen LogP contribution < -0.4 is 0 Å². The lowest BCUT2D eigenvalue weighted by Gasteiger charge is -1.84. The fourth-order valence-electron chi connectivity index (χ4n) is 1.06. The predicted octanol–water partition coefficient (Wildman–Crippen LogP) is 2.07. The van der Waals surface area contributed by atoms with Gasteiger partial charge in [0.15, 0.2) is 0 Å². The van der Waals surface area contributed by atoms with Crippen LogP contribution in [0.1, 0.15) is 17.4 Å². The molecule has 46 valence electrons. The molecular formula is C7H7NS. The molecule has 0 fully saturated rings. The standard InChI is InChI=1S/C7H7NS/c1-5-6-2-3-9-7(6)4-8-5/h2-3H,4H2,1H3. The molecule has 0 bridgehead atoms. The maximum atomic E-state index is 4.29. The van der Waals surface area contributed by atoms with Crippen molar-refractivity contribution in [2.75, 3.05) is 0 Å². The Balaban J connectivity index is 2.62. The average molecular weight is 137 g/mol. The number of hydrogen-bond acceptors (Lipinski definition) is 2. The molecule has 1 aromatic heterocycles. The van der Waals surface area contributed by atoms with Crippen molar-refractivity contribution in [2.45, 2.75) is 13.5 Å². The first-order valence-electron chi connectivity index (χ1n) is 2.96. The normalized spacial score (nSPS) is 15.4. The zero-order valence-corrected chi connectivity index (χ0v) is 6.03. The highest BCUT2D eigenvalue weighted by Crippen LogP contribution is 2.23. The summed E-state index contributed by atoms with van der Waals surface area (Å²) in [6.45, 7) is 2.98. The van der Waals surface area contributed by atoms with Crippen LogP contribution in [0.25, 0.3) is 0 Å². The van der Waals surface area contributed by atoms with E-state index in [0.29, 0.717) is 0 Å². The van der Waals surface area contributed by atoms with Gasteiger partial charge in [0.2, 0.25) is 0 Å². The van der Waals surface area contributed by atoms with Crippen molar-refractivity contribution >= 4 is 17.0 Å². The van der Waals surface area contributed by atoms with Crippen LogP contribution in [-0.2, 0) is 6.54 Å². The Morgan fingerprint density at radius 2 is 2.56 bits per heavy atom. The monoisotopic (exact) mass is 137 g/mol. The van der Waals surface area contributed by atoms with Crippen LogP contribution in [0.5, 0.6) is 0 Å². The zero-order chi connectivity index (χ0) is 6.27. The predicted molar refractivity (Wildman–Crippen MR) is 40.2 cm³/mol. The second-order valence-corrected chi connectivity index (χ2v) is 3.16. The van der Waals surface area contributed by atoms with Gasteiger partial charge >= 0.3 is 0 Å². The third kappa shape index (κ3) is 0.630. The molecule has 1 aliphatic rings. The molecule has 1 aliphatic heterocycles. The van der Waals surface area contributed by atoms with E-state index in [4.69, 9.17) is 0 Å². The molecule has 2 heterocycles. The topological polar surface area (TPSA) is 12.4 Å². The van der Waals surface area contributed by atoms with Crippen molar-refractivity contribution in [2.24, 2.45) is 4.99 Å². The summed E-state index contributed by atoms with van der Waals surface area (Å²) in [5.74, 6) is 0. The maximum absolute atomic E-state index is 4.29. The molecule has 1 nitrogen and oxygen atoms in total. The highest BCUT2D eigenvalue weighted by atomic mass is 32.1. The second kappa shape index (κ2) is 1.67. The van der Waals surface area contributed by atoms with Crippen molar-refractivity contribution in [1.82, 2.24) is 0 Å². The molecule has 0 saturated heterocycles. The lowest BCUT2D eigenvalue weighted by atomic mass is 10.2. The van der Waals surface area contributed by atoms with E-state index >= 15 is 0 Å². The summed E-state index contributed by atoms with van der Waals surface area (Å²) in [7, 11) is 0. The smallest absolute Gasteiger partial charge is 0.0742 e. The van der Waals surface area contributed by atoms with Crippen LogP contribution in [0.3, 0.4) is 0 Å². The first-order valence-corrected chi connectivity index (χ1v) is 3.83. The van der Waals surface area contributed by atoms with Gasteiger partial charge in [-0.1, -0.05) is 0 Å². The van der Waals surface area contributed by atoms with Crippen LogP contribution >= 0.6 is 11.3 Å². The van der Waals surface area contributed by atoms with Crippen molar-refractivity contribution in [3.63, 3.8) is 0 Å². The van der Waals surface area contributed by atoms with Crippen LogP contribution in [0.4, 0.5) is 0 Å². The number of hydrogen-bond donors (Lipinski definition) is 0. The Morgan fingerprint density at radius 1 is 1.67 bits per heavy atom. The number of aliphatic imine (C=N–C) groups is 1. The van der Waals surface area contributed by atoms with E-state index < -0.39 is 0 Å². The molecule has 2 heteroatoms. The highest BCUT2D eigenvalue weighted by Gasteiger charge is 2.11. The largest absolute Gasteiger partial charge is 0.284 e. The maximum Gasteiger partial charge on any atom is 0.0742 e. The summed E-state index contributed by atoms with van der Waals surface area (Å²) >= 11 is 1.80. The fourth-order valence-corrected chi connectivity index (χ4v) is 1.91. The van der Waals surface area contributed by atoms with Crippen molar-refractivity contribution in [3.8, 4) is 0 Å². The molecule has 0 aromatic carbocycles. The number of thiophene rings is 1. The Morgan fingerprint density at radius 3 is 3.33 bits per heavy atom. The Kier molecular flexibility index (Phi) is 0.963. The molecule has 1 aromatic rings. The average Bonchev–Trinajstić information content (AvgIpc) is 2.35. The minimum absolute atomic E-state index is 0.916. The molecule has 0 amide bonds. The van der Waals surface area contributed by atoms with E-state index in [1.54, 1.807) is 11.3 Å². The van der Waals surface area contributed by atoms with Gasteiger partial charge < -0.3 is 0 Å². The van der Waals surface area contributed by atoms with Crippen LogP contribution in [0.15, 0.2) is 16.4 Å². The quantitative estimate of drug-likeness (QED) is 0.519. The van der Waals surface area contributed by atoms with Gasteiger partial charge in [0.05, 0.1) is 6.54 Å². The van der Waals surface area contributed by atoms with Crippen molar-refractivity contribution in [3.05, 3.63) is 21.9 Å². The lowest BCUT2D eigenvalue weighted by Crippen LogP contribution is -1.84.